The first-order chi connectivity index (χ1) is 7.93. The lowest BCUT2D eigenvalue weighted by molar-refractivity contribution is 0.213. The molecule has 1 rings (SSSR count). The van der Waals surface area contributed by atoms with Crippen molar-refractivity contribution in [1.29, 1.82) is 0 Å². The maximum absolute atomic E-state index is 11.7. The van der Waals surface area contributed by atoms with E-state index in [4.69, 9.17) is 0 Å². The highest BCUT2D eigenvalue weighted by atomic mass is 32.2. The van der Waals surface area contributed by atoms with Gasteiger partial charge in [-0.15, -0.1) is 0 Å². The van der Waals surface area contributed by atoms with Crippen LogP contribution >= 0.6 is 11.8 Å². The van der Waals surface area contributed by atoms with Gasteiger partial charge >= 0.3 is 6.03 Å². The Kier molecular flexibility index (Phi) is 5.59. The van der Waals surface area contributed by atoms with Crippen LogP contribution in [0.15, 0.2) is 0 Å². The van der Waals surface area contributed by atoms with Gasteiger partial charge in [-0.05, 0) is 53.1 Å². The Labute approximate surface area is 109 Å². The number of likely N-dealkylation sites (tertiary alicyclic amines) is 1. The van der Waals surface area contributed by atoms with Gasteiger partial charge in [0.2, 0.25) is 0 Å². The van der Waals surface area contributed by atoms with Crippen LogP contribution in [-0.2, 0) is 0 Å². The molecule has 100 valence electrons. The van der Waals surface area contributed by atoms with E-state index in [1.54, 1.807) is 11.8 Å². The van der Waals surface area contributed by atoms with Crippen molar-refractivity contribution in [3.8, 4) is 0 Å². The highest BCUT2D eigenvalue weighted by Gasteiger charge is 2.20. The molecule has 5 heteroatoms. The topological polar surface area (TPSA) is 44.4 Å². The van der Waals surface area contributed by atoms with Crippen LogP contribution in [0.4, 0.5) is 4.79 Å². The molecule has 1 fully saturated rings. The summed E-state index contributed by atoms with van der Waals surface area (Å²) in [7, 11) is 2.12. The molecule has 0 aromatic heterocycles. The van der Waals surface area contributed by atoms with Crippen LogP contribution in [0.5, 0.6) is 0 Å². The Balaban J connectivity index is 2.21. The first-order valence-corrected chi connectivity index (χ1v) is 7.43. The van der Waals surface area contributed by atoms with E-state index in [1.807, 2.05) is 0 Å². The maximum Gasteiger partial charge on any atom is 0.315 e. The molecule has 0 aromatic carbocycles. The molecule has 0 saturated carbocycles. The average Bonchev–Trinajstić information content (AvgIpc) is 2.30. The number of thioether (sulfide) groups is 1. The van der Waals surface area contributed by atoms with Crippen molar-refractivity contribution >= 4 is 17.8 Å². The molecule has 1 saturated heterocycles. The van der Waals surface area contributed by atoms with Crippen LogP contribution in [0, 0.1) is 0 Å². The van der Waals surface area contributed by atoms with Gasteiger partial charge in [-0.25, -0.2) is 4.79 Å². The predicted octanol–water partition coefficient (Wildman–Crippen LogP) is 1.52. The number of piperidine rings is 1. The number of rotatable bonds is 4. The second kappa shape index (κ2) is 6.50. The molecular formula is C12H25N3OS. The van der Waals surface area contributed by atoms with Gasteiger partial charge < -0.3 is 15.5 Å². The minimum Gasteiger partial charge on any atom is -0.337 e. The van der Waals surface area contributed by atoms with Crippen molar-refractivity contribution in [3.05, 3.63) is 0 Å². The molecule has 0 radical (unpaired) electrons. The molecule has 0 aliphatic carbocycles. The van der Waals surface area contributed by atoms with Gasteiger partial charge in [0.25, 0.3) is 0 Å². The zero-order chi connectivity index (χ0) is 12.9. The number of urea groups is 1. The van der Waals surface area contributed by atoms with Crippen molar-refractivity contribution in [2.45, 2.75) is 37.5 Å². The molecule has 2 amide bonds. The van der Waals surface area contributed by atoms with Gasteiger partial charge in [-0.2, -0.15) is 11.8 Å². The van der Waals surface area contributed by atoms with E-state index < -0.39 is 0 Å². The smallest absolute Gasteiger partial charge is 0.315 e. The van der Waals surface area contributed by atoms with Gasteiger partial charge in [-0.3, -0.25) is 0 Å². The Morgan fingerprint density at radius 3 is 2.53 bits per heavy atom. The SMILES string of the molecule is CSC(C)(C)CNC(=O)NC1CCN(C)CC1. The van der Waals surface area contributed by atoms with Crippen LogP contribution in [0.1, 0.15) is 26.7 Å². The van der Waals surface area contributed by atoms with Gasteiger partial charge in [0, 0.05) is 17.3 Å². The summed E-state index contributed by atoms with van der Waals surface area (Å²) in [5, 5.41) is 6.00. The van der Waals surface area contributed by atoms with E-state index in [-0.39, 0.29) is 10.8 Å². The summed E-state index contributed by atoms with van der Waals surface area (Å²) in [6.45, 7) is 7.11. The largest absolute Gasteiger partial charge is 0.337 e. The Morgan fingerprint density at radius 2 is 2.00 bits per heavy atom. The molecule has 0 unspecified atom stereocenters. The molecule has 0 atom stereocenters. The minimum atomic E-state index is -0.0262. The number of hydrogen-bond acceptors (Lipinski definition) is 3. The lowest BCUT2D eigenvalue weighted by Crippen LogP contribution is -2.49. The molecule has 0 aromatic rings. The highest BCUT2D eigenvalue weighted by molar-refractivity contribution is 7.99. The number of carbonyl (C=O) groups is 1. The van der Waals surface area contributed by atoms with Crippen LogP contribution in [0.3, 0.4) is 0 Å². The standard InChI is InChI=1S/C12H25N3OS/c1-12(2,17-4)9-13-11(16)14-10-5-7-15(3)8-6-10/h10H,5-9H2,1-4H3,(H2,13,14,16). The zero-order valence-corrected chi connectivity index (χ0v) is 12.2. The van der Waals surface area contributed by atoms with Crippen LogP contribution in [-0.4, -0.2) is 54.7 Å². The van der Waals surface area contributed by atoms with Crippen LogP contribution < -0.4 is 10.6 Å². The Bertz CT molecular complexity index is 250. The third-order valence-corrected chi connectivity index (χ3v) is 4.53. The normalized spacial score (nSPS) is 19.1. The molecule has 1 aliphatic rings. The third kappa shape index (κ3) is 5.64. The molecule has 17 heavy (non-hydrogen) atoms. The second-order valence-corrected chi connectivity index (χ2v) is 6.88. The molecule has 4 nitrogen and oxygen atoms in total. The number of carbonyl (C=O) groups excluding carboxylic acids is 1. The molecular weight excluding hydrogens is 234 g/mol. The minimum absolute atomic E-state index is 0.0262. The van der Waals surface area contributed by atoms with Crippen LogP contribution in [0.25, 0.3) is 0 Å². The van der Waals surface area contributed by atoms with E-state index in [1.165, 1.54) is 0 Å². The lowest BCUT2D eigenvalue weighted by Gasteiger charge is -2.30. The third-order valence-electron chi connectivity index (χ3n) is 3.28. The van der Waals surface area contributed by atoms with Crippen molar-refractivity contribution in [3.63, 3.8) is 0 Å². The fourth-order valence-corrected chi connectivity index (χ4v) is 1.97. The van der Waals surface area contributed by atoms with Gasteiger partial charge in [0.05, 0.1) is 0 Å². The van der Waals surface area contributed by atoms with Crippen molar-refractivity contribution < 1.29 is 4.79 Å². The first-order valence-electron chi connectivity index (χ1n) is 6.21. The highest BCUT2D eigenvalue weighted by Crippen LogP contribution is 2.19. The van der Waals surface area contributed by atoms with Gasteiger partial charge in [0.15, 0.2) is 0 Å². The maximum atomic E-state index is 11.7. The Morgan fingerprint density at radius 1 is 1.41 bits per heavy atom. The van der Waals surface area contributed by atoms with Gasteiger partial charge in [-0.1, -0.05) is 0 Å². The Hall–Kier alpha value is -0.420. The van der Waals surface area contributed by atoms with Crippen molar-refractivity contribution in [1.82, 2.24) is 15.5 Å². The monoisotopic (exact) mass is 259 g/mol. The van der Waals surface area contributed by atoms with E-state index in [2.05, 4.69) is 42.7 Å². The summed E-state index contributed by atoms with van der Waals surface area (Å²) >= 11 is 1.77. The van der Waals surface area contributed by atoms with E-state index in [0.29, 0.717) is 12.6 Å². The van der Waals surface area contributed by atoms with E-state index in [0.717, 1.165) is 25.9 Å². The number of amides is 2. The number of nitrogens with zero attached hydrogens (tertiary/aromatic N) is 1. The number of nitrogens with one attached hydrogen (secondary N) is 2. The molecule has 2 N–H and O–H groups in total. The molecule has 0 spiro atoms. The fourth-order valence-electron chi connectivity index (χ4n) is 1.75. The van der Waals surface area contributed by atoms with Crippen molar-refractivity contribution in [2.75, 3.05) is 32.9 Å². The van der Waals surface area contributed by atoms with Crippen LogP contribution in [0.2, 0.25) is 0 Å². The second-order valence-electron chi connectivity index (χ2n) is 5.37. The summed E-state index contributed by atoms with van der Waals surface area (Å²) in [6.07, 6.45) is 4.17. The summed E-state index contributed by atoms with van der Waals surface area (Å²) in [6, 6.07) is 0.310. The summed E-state index contributed by atoms with van der Waals surface area (Å²) < 4.78 is 0.101. The summed E-state index contributed by atoms with van der Waals surface area (Å²) in [4.78, 5) is 14.0. The quantitative estimate of drug-likeness (QED) is 0.804. The molecule has 1 heterocycles. The summed E-state index contributed by atoms with van der Waals surface area (Å²) in [5.41, 5.74) is 0. The predicted molar refractivity (Wildman–Crippen MR) is 74.6 cm³/mol. The fraction of sp³-hybridized carbons (Fsp3) is 0.917. The van der Waals surface area contributed by atoms with Gasteiger partial charge in [0.1, 0.15) is 0 Å². The average molecular weight is 259 g/mol. The molecule has 0 bridgehead atoms. The van der Waals surface area contributed by atoms with E-state index in [9.17, 15) is 4.79 Å². The zero-order valence-electron chi connectivity index (χ0n) is 11.4. The summed E-state index contributed by atoms with van der Waals surface area (Å²) in [5.74, 6) is 0. The van der Waals surface area contributed by atoms with E-state index >= 15 is 0 Å². The van der Waals surface area contributed by atoms with Crippen molar-refractivity contribution in [2.24, 2.45) is 0 Å². The lowest BCUT2D eigenvalue weighted by atomic mass is 10.1. The molecule has 1 aliphatic heterocycles. The first kappa shape index (κ1) is 14.6. The number of hydrogen-bond donors (Lipinski definition) is 2.